The van der Waals surface area contributed by atoms with Crippen molar-refractivity contribution in [3.63, 3.8) is 0 Å². The normalized spacial score (nSPS) is 12.0. The number of aromatic hydroxyl groups is 1. The summed E-state index contributed by atoms with van der Waals surface area (Å²) in [6.45, 7) is 3.90. The fourth-order valence-electron chi connectivity index (χ4n) is 2.21. The van der Waals surface area contributed by atoms with E-state index >= 15 is 0 Å². The maximum atomic E-state index is 12.6. The number of aryl methyl sites for hydroxylation is 1. The molecule has 0 fully saturated rings. The Hall–Kier alpha value is -1.81. The molecular weight excluding hydrogens is 330 g/mol. The van der Waals surface area contributed by atoms with Crippen molar-refractivity contribution in [2.24, 2.45) is 0 Å². The molecule has 4 heteroatoms. The lowest BCUT2D eigenvalue weighted by Crippen LogP contribution is -2.30. The van der Waals surface area contributed by atoms with Crippen molar-refractivity contribution < 1.29 is 9.90 Å². The van der Waals surface area contributed by atoms with Gasteiger partial charge in [0.15, 0.2) is 0 Å². The van der Waals surface area contributed by atoms with Crippen molar-refractivity contribution in [1.29, 1.82) is 0 Å². The first-order chi connectivity index (χ1) is 9.90. The quantitative estimate of drug-likeness (QED) is 0.899. The van der Waals surface area contributed by atoms with Crippen molar-refractivity contribution in [3.8, 4) is 5.75 Å². The number of hydrogen-bond donors (Lipinski definition) is 1. The summed E-state index contributed by atoms with van der Waals surface area (Å²) in [5, 5.41) is 9.34. The van der Waals surface area contributed by atoms with E-state index in [0.717, 1.165) is 15.6 Å². The number of carbonyl (C=O) groups excluding carboxylic acids is 1. The average Bonchev–Trinajstić information content (AvgIpc) is 2.46. The highest BCUT2D eigenvalue weighted by Crippen LogP contribution is 2.24. The summed E-state index contributed by atoms with van der Waals surface area (Å²) in [5.74, 6) is 0.212. The standard InChI is InChI=1S/C17H18BrNO2/c1-11-10-14(18)6-9-16(11)17(21)19(3)12(2)13-4-7-15(20)8-5-13/h4-10,12,20H,1-3H3. The summed E-state index contributed by atoms with van der Waals surface area (Å²) in [4.78, 5) is 14.3. The zero-order valence-corrected chi connectivity index (χ0v) is 13.9. The minimum atomic E-state index is -0.0684. The van der Waals surface area contributed by atoms with Gasteiger partial charge in [-0.15, -0.1) is 0 Å². The summed E-state index contributed by atoms with van der Waals surface area (Å²) in [6.07, 6.45) is 0. The molecular formula is C17H18BrNO2. The Bertz CT molecular complexity index is 652. The van der Waals surface area contributed by atoms with Gasteiger partial charge in [0, 0.05) is 17.1 Å². The Morgan fingerprint density at radius 3 is 2.38 bits per heavy atom. The molecule has 1 amide bonds. The minimum absolute atomic E-state index is 0.0134. The molecule has 110 valence electrons. The van der Waals surface area contributed by atoms with Crippen LogP contribution in [-0.4, -0.2) is 23.0 Å². The Morgan fingerprint density at radius 2 is 1.81 bits per heavy atom. The SMILES string of the molecule is Cc1cc(Br)ccc1C(=O)N(C)C(C)c1ccc(O)cc1. The van der Waals surface area contributed by atoms with Crippen LogP contribution in [0.15, 0.2) is 46.9 Å². The van der Waals surface area contributed by atoms with Crippen molar-refractivity contribution in [1.82, 2.24) is 4.90 Å². The molecule has 0 spiro atoms. The molecule has 0 radical (unpaired) electrons. The van der Waals surface area contributed by atoms with E-state index in [-0.39, 0.29) is 17.7 Å². The van der Waals surface area contributed by atoms with Crippen molar-refractivity contribution in [3.05, 3.63) is 63.6 Å². The van der Waals surface area contributed by atoms with Crippen LogP contribution in [0.5, 0.6) is 5.75 Å². The summed E-state index contributed by atoms with van der Waals surface area (Å²) >= 11 is 3.41. The molecule has 2 aromatic rings. The van der Waals surface area contributed by atoms with Crippen LogP contribution in [0.25, 0.3) is 0 Å². The van der Waals surface area contributed by atoms with Crippen molar-refractivity contribution >= 4 is 21.8 Å². The Balaban J connectivity index is 2.24. The predicted octanol–water partition coefficient (Wildman–Crippen LogP) is 4.30. The molecule has 0 saturated heterocycles. The highest BCUT2D eigenvalue weighted by molar-refractivity contribution is 9.10. The summed E-state index contributed by atoms with van der Waals surface area (Å²) in [6, 6.07) is 12.5. The molecule has 0 aliphatic rings. The van der Waals surface area contributed by atoms with Crippen LogP contribution in [0.1, 0.15) is 34.5 Å². The fraction of sp³-hybridized carbons (Fsp3) is 0.235. The monoisotopic (exact) mass is 347 g/mol. The molecule has 0 aliphatic carbocycles. The van der Waals surface area contributed by atoms with Gasteiger partial charge in [-0.1, -0.05) is 28.1 Å². The van der Waals surface area contributed by atoms with Crippen LogP contribution in [0.3, 0.4) is 0 Å². The molecule has 21 heavy (non-hydrogen) atoms. The van der Waals surface area contributed by atoms with E-state index in [9.17, 15) is 9.90 Å². The molecule has 0 heterocycles. The van der Waals surface area contributed by atoms with Gasteiger partial charge in [-0.2, -0.15) is 0 Å². The van der Waals surface area contributed by atoms with Gasteiger partial charge >= 0.3 is 0 Å². The molecule has 0 bridgehead atoms. The Kier molecular flexibility index (Phi) is 4.68. The number of phenolic OH excluding ortho intramolecular Hbond substituents is 1. The minimum Gasteiger partial charge on any atom is -0.508 e. The third-order valence-electron chi connectivity index (χ3n) is 3.70. The lowest BCUT2D eigenvalue weighted by Gasteiger charge is -2.26. The maximum absolute atomic E-state index is 12.6. The second-order valence-corrected chi connectivity index (χ2v) is 6.06. The Morgan fingerprint density at radius 1 is 1.19 bits per heavy atom. The van der Waals surface area contributed by atoms with Gasteiger partial charge in [-0.25, -0.2) is 0 Å². The number of phenols is 1. The topological polar surface area (TPSA) is 40.5 Å². The van der Waals surface area contributed by atoms with Crippen LogP contribution in [0.2, 0.25) is 0 Å². The van der Waals surface area contributed by atoms with E-state index < -0.39 is 0 Å². The number of amides is 1. The number of hydrogen-bond acceptors (Lipinski definition) is 2. The Labute approximate surface area is 133 Å². The first-order valence-electron chi connectivity index (χ1n) is 6.72. The first kappa shape index (κ1) is 15.6. The molecule has 0 aromatic heterocycles. The van der Waals surface area contributed by atoms with E-state index in [1.54, 1.807) is 24.1 Å². The summed E-state index contributed by atoms with van der Waals surface area (Å²) < 4.78 is 0.964. The molecule has 1 atom stereocenters. The second kappa shape index (κ2) is 6.31. The van der Waals surface area contributed by atoms with E-state index in [1.165, 1.54) is 0 Å². The predicted molar refractivity (Wildman–Crippen MR) is 87.5 cm³/mol. The third kappa shape index (κ3) is 3.45. The van der Waals surface area contributed by atoms with E-state index in [1.807, 2.05) is 44.2 Å². The average molecular weight is 348 g/mol. The third-order valence-corrected chi connectivity index (χ3v) is 4.19. The number of rotatable bonds is 3. The number of carbonyl (C=O) groups is 1. The van der Waals surface area contributed by atoms with E-state index in [0.29, 0.717) is 5.56 Å². The van der Waals surface area contributed by atoms with Gasteiger partial charge < -0.3 is 10.0 Å². The molecule has 0 aliphatic heterocycles. The van der Waals surface area contributed by atoms with Crippen LogP contribution in [0, 0.1) is 6.92 Å². The number of benzene rings is 2. The molecule has 0 saturated carbocycles. The lowest BCUT2D eigenvalue weighted by atomic mass is 10.0. The zero-order chi connectivity index (χ0) is 15.6. The smallest absolute Gasteiger partial charge is 0.254 e. The van der Waals surface area contributed by atoms with E-state index in [4.69, 9.17) is 0 Å². The molecule has 2 rings (SSSR count). The van der Waals surface area contributed by atoms with E-state index in [2.05, 4.69) is 15.9 Å². The number of halogens is 1. The fourth-order valence-corrected chi connectivity index (χ4v) is 2.68. The summed E-state index contributed by atoms with van der Waals surface area (Å²) in [5.41, 5.74) is 2.63. The van der Waals surface area contributed by atoms with Gasteiger partial charge in [0.2, 0.25) is 0 Å². The number of nitrogens with zero attached hydrogens (tertiary/aromatic N) is 1. The van der Waals surface area contributed by atoms with Gasteiger partial charge in [0.25, 0.3) is 5.91 Å². The van der Waals surface area contributed by atoms with Crippen molar-refractivity contribution in [2.45, 2.75) is 19.9 Å². The van der Waals surface area contributed by atoms with Gasteiger partial charge in [-0.05, 0) is 55.3 Å². The molecule has 2 aromatic carbocycles. The summed E-state index contributed by atoms with van der Waals surface area (Å²) in [7, 11) is 1.79. The van der Waals surface area contributed by atoms with Crippen LogP contribution < -0.4 is 0 Å². The lowest BCUT2D eigenvalue weighted by molar-refractivity contribution is 0.0742. The highest BCUT2D eigenvalue weighted by Gasteiger charge is 2.20. The second-order valence-electron chi connectivity index (χ2n) is 5.14. The maximum Gasteiger partial charge on any atom is 0.254 e. The first-order valence-corrected chi connectivity index (χ1v) is 7.51. The molecule has 1 unspecified atom stereocenters. The van der Waals surface area contributed by atoms with Crippen LogP contribution in [0.4, 0.5) is 0 Å². The van der Waals surface area contributed by atoms with Crippen LogP contribution in [-0.2, 0) is 0 Å². The molecule has 3 nitrogen and oxygen atoms in total. The molecule has 1 N–H and O–H groups in total. The van der Waals surface area contributed by atoms with Gasteiger partial charge in [0.1, 0.15) is 5.75 Å². The zero-order valence-electron chi connectivity index (χ0n) is 12.3. The van der Waals surface area contributed by atoms with Gasteiger partial charge in [-0.3, -0.25) is 4.79 Å². The highest BCUT2D eigenvalue weighted by atomic mass is 79.9. The van der Waals surface area contributed by atoms with Crippen molar-refractivity contribution in [2.75, 3.05) is 7.05 Å². The van der Waals surface area contributed by atoms with Crippen LogP contribution >= 0.6 is 15.9 Å². The van der Waals surface area contributed by atoms with Gasteiger partial charge in [0.05, 0.1) is 6.04 Å². The largest absolute Gasteiger partial charge is 0.508 e.